The highest BCUT2D eigenvalue weighted by atomic mass is 14.1. The number of fused-ring (bicyclic) bond motifs is 1. The second-order valence-electron chi connectivity index (χ2n) is 8.85. The average molecular weight is 381 g/mol. The lowest BCUT2D eigenvalue weighted by Gasteiger charge is -2.16. The standard InChI is InChI=1S/C28H44/c1-5-7-9-11-13-15-17-25-23(3)19-22-28-26(24(4)20-21-27(25)28)18-16-14-12-10-8-6-2/h19-22H,5-18H2,1-4H3. The second-order valence-corrected chi connectivity index (χ2v) is 8.85. The summed E-state index contributed by atoms with van der Waals surface area (Å²) in [5, 5.41) is 3.06. The van der Waals surface area contributed by atoms with Gasteiger partial charge in [0.2, 0.25) is 0 Å². The van der Waals surface area contributed by atoms with Crippen molar-refractivity contribution in [2.75, 3.05) is 0 Å². The lowest BCUT2D eigenvalue weighted by atomic mass is 9.89. The number of rotatable bonds is 14. The molecule has 0 heteroatoms. The highest BCUT2D eigenvalue weighted by molar-refractivity contribution is 5.90. The van der Waals surface area contributed by atoms with Gasteiger partial charge in [0.15, 0.2) is 0 Å². The van der Waals surface area contributed by atoms with E-state index < -0.39 is 0 Å². The summed E-state index contributed by atoms with van der Waals surface area (Å²) < 4.78 is 0. The van der Waals surface area contributed by atoms with Crippen molar-refractivity contribution in [3.05, 3.63) is 46.5 Å². The summed E-state index contributed by atoms with van der Waals surface area (Å²) in [4.78, 5) is 0. The molecule has 0 aliphatic heterocycles. The summed E-state index contributed by atoms with van der Waals surface area (Å²) in [7, 11) is 0. The predicted molar refractivity (Wildman–Crippen MR) is 128 cm³/mol. The maximum atomic E-state index is 2.40. The normalized spacial score (nSPS) is 11.4. The zero-order chi connectivity index (χ0) is 20.2. The van der Waals surface area contributed by atoms with Gasteiger partial charge in [-0.2, -0.15) is 0 Å². The summed E-state index contributed by atoms with van der Waals surface area (Å²) in [5.41, 5.74) is 6.18. The molecule has 2 aromatic carbocycles. The highest BCUT2D eigenvalue weighted by Crippen LogP contribution is 2.30. The topological polar surface area (TPSA) is 0 Å². The molecule has 0 aliphatic carbocycles. The fourth-order valence-corrected chi connectivity index (χ4v) is 4.58. The quantitative estimate of drug-likeness (QED) is 0.286. The van der Waals surface area contributed by atoms with Crippen LogP contribution in [0.5, 0.6) is 0 Å². The Morgan fingerprint density at radius 3 is 1.21 bits per heavy atom. The summed E-state index contributed by atoms with van der Waals surface area (Å²) in [5.74, 6) is 0. The minimum atomic E-state index is 1.24. The molecule has 156 valence electrons. The largest absolute Gasteiger partial charge is 0.0654 e. The maximum Gasteiger partial charge on any atom is -0.0146 e. The Morgan fingerprint density at radius 1 is 0.464 bits per heavy atom. The zero-order valence-electron chi connectivity index (χ0n) is 19.2. The van der Waals surface area contributed by atoms with Crippen LogP contribution in [0, 0.1) is 13.8 Å². The first-order chi connectivity index (χ1) is 13.7. The van der Waals surface area contributed by atoms with Crippen LogP contribution in [-0.2, 0) is 12.8 Å². The first-order valence-corrected chi connectivity index (χ1v) is 12.2. The Hall–Kier alpha value is -1.30. The van der Waals surface area contributed by atoms with Crippen molar-refractivity contribution in [3.63, 3.8) is 0 Å². The molecular formula is C28H44. The smallest absolute Gasteiger partial charge is 0.0146 e. The van der Waals surface area contributed by atoms with Crippen molar-refractivity contribution >= 4 is 10.8 Å². The third-order valence-electron chi connectivity index (χ3n) is 6.45. The van der Waals surface area contributed by atoms with Crippen LogP contribution in [0.25, 0.3) is 10.8 Å². The molecule has 0 aliphatic rings. The van der Waals surface area contributed by atoms with E-state index >= 15 is 0 Å². The fraction of sp³-hybridized carbons (Fsp3) is 0.643. The Morgan fingerprint density at radius 2 is 0.821 bits per heavy atom. The van der Waals surface area contributed by atoms with E-state index in [-0.39, 0.29) is 0 Å². The first-order valence-electron chi connectivity index (χ1n) is 12.2. The van der Waals surface area contributed by atoms with E-state index in [0.29, 0.717) is 0 Å². The van der Waals surface area contributed by atoms with Gasteiger partial charge in [-0.15, -0.1) is 0 Å². The Balaban J connectivity index is 2.04. The number of benzene rings is 2. The molecule has 2 aromatic rings. The molecule has 0 unspecified atom stereocenters. The van der Waals surface area contributed by atoms with Gasteiger partial charge in [0.05, 0.1) is 0 Å². The zero-order valence-corrected chi connectivity index (χ0v) is 19.2. The third kappa shape index (κ3) is 6.94. The molecule has 0 fully saturated rings. The van der Waals surface area contributed by atoms with Gasteiger partial charge in [0.1, 0.15) is 0 Å². The molecule has 0 radical (unpaired) electrons. The van der Waals surface area contributed by atoms with E-state index in [1.807, 2.05) is 0 Å². The molecule has 2 rings (SSSR count). The SMILES string of the molecule is CCCCCCCCc1c(C)ccc2c(CCCCCCCC)c(C)ccc12. The van der Waals surface area contributed by atoms with E-state index in [0.717, 1.165) is 0 Å². The van der Waals surface area contributed by atoms with Gasteiger partial charge in [-0.3, -0.25) is 0 Å². The molecule has 0 saturated carbocycles. The minimum Gasteiger partial charge on any atom is -0.0654 e. The van der Waals surface area contributed by atoms with Crippen molar-refractivity contribution < 1.29 is 0 Å². The van der Waals surface area contributed by atoms with Crippen LogP contribution < -0.4 is 0 Å². The monoisotopic (exact) mass is 380 g/mol. The van der Waals surface area contributed by atoms with Gasteiger partial charge in [-0.25, -0.2) is 0 Å². The highest BCUT2D eigenvalue weighted by Gasteiger charge is 2.10. The van der Waals surface area contributed by atoms with Crippen molar-refractivity contribution in [1.29, 1.82) is 0 Å². The molecule has 0 saturated heterocycles. The van der Waals surface area contributed by atoms with Gasteiger partial charge < -0.3 is 0 Å². The molecule has 0 nitrogen and oxygen atoms in total. The minimum absolute atomic E-state index is 1.24. The number of unbranched alkanes of at least 4 members (excludes halogenated alkanes) is 10. The molecule has 0 aromatic heterocycles. The van der Waals surface area contributed by atoms with Gasteiger partial charge in [-0.05, 0) is 72.6 Å². The van der Waals surface area contributed by atoms with Gasteiger partial charge in [0.25, 0.3) is 0 Å². The first kappa shape index (κ1) is 23.0. The van der Waals surface area contributed by atoms with E-state index in [2.05, 4.69) is 52.0 Å². The number of hydrogen-bond acceptors (Lipinski definition) is 0. The molecular weight excluding hydrogens is 336 g/mol. The molecule has 0 spiro atoms. The summed E-state index contributed by atoms with van der Waals surface area (Å²) in [6.45, 7) is 9.20. The molecule has 0 bridgehead atoms. The third-order valence-corrected chi connectivity index (χ3v) is 6.45. The lowest BCUT2D eigenvalue weighted by Crippen LogP contribution is -1.98. The van der Waals surface area contributed by atoms with Crippen LogP contribution in [0.3, 0.4) is 0 Å². The van der Waals surface area contributed by atoms with E-state index in [4.69, 9.17) is 0 Å². The molecule has 0 N–H and O–H groups in total. The summed E-state index contributed by atoms with van der Waals surface area (Å²) in [6, 6.07) is 9.54. The molecule has 0 atom stereocenters. The second kappa shape index (κ2) is 13.0. The Kier molecular flexibility index (Phi) is 10.7. The predicted octanol–water partition coefficient (Wildman–Crippen LogP) is 9.26. The average Bonchev–Trinajstić information content (AvgIpc) is 2.70. The molecule has 0 heterocycles. The van der Waals surface area contributed by atoms with Crippen molar-refractivity contribution in [1.82, 2.24) is 0 Å². The van der Waals surface area contributed by atoms with Gasteiger partial charge >= 0.3 is 0 Å². The summed E-state index contributed by atoms with van der Waals surface area (Å²) in [6.07, 6.45) is 19.0. The lowest BCUT2D eigenvalue weighted by molar-refractivity contribution is 0.607. The summed E-state index contributed by atoms with van der Waals surface area (Å²) >= 11 is 0. The van der Waals surface area contributed by atoms with Gasteiger partial charge in [-0.1, -0.05) is 102 Å². The van der Waals surface area contributed by atoms with Crippen molar-refractivity contribution in [3.8, 4) is 0 Å². The number of hydrogen-bond donors (Lipinski definition) is 0. The van der Waals surface area contributed by atoms with Crippen LogP contribution in [0.2, 0.25) is 0 Å². The molecule has 0 amide bonds. The van der Waals surface area contributed by atoms with Crippen molar-refractivity contribution in [2.45, 2.75) is 118 Å². The van der Waals surface area contributed by atoms with Crippen LogP contribution in [0.15, 0.2) is 24.3 Å². The molecule has 28 heavy (non-hydrogen) atoms. The van der Waals surface area contributed by atoms with Crippen molar-refractivity contribution in [2.24, 2.45) is 0 Å². The Labute approximate surface area is 175 Å². The van der Waals surface area contributed by atoms with Gasteiger partial charge in [0, 0.05) is 0 Å². The Bertz CT molecular complexity index is 633. The van der Waals surface area contributed by atoms with E-state index in [1.54, 1.807) is 11.1 Å². The fourth-order valence-electron chi connectivity index (χ4n) is 4.58. The maximum absolute atomic E-state index is 2.40. The van der Waals surface area contributed by atoms with Crippen LogP contribution in [0.4, 0.5) is 0 Å². The van der Waals surface area contributed by atoms with Crippen LogP contribution in [-0.4, -0.2) is 0 Å². The van der Waals surface area contributed by atoms with Crippen LogP contribution >= 0.6 is 0 Å². The van der Waals surface area contributed by atoms with E-state index in [1.165, 1.54) is 112 Å². The number of aryl methyl sites for hydroxylation is 4. The van der Waals surface area contributed by atoms with E-state index in [9.17, 15) is 0 Å². The van der Waals surface area contributed by atoms with Crippen LogP contribution in [0.1, 0.15) is 113 Å².